The molecule has 0 saturated heterocycles. The van der Waals surface area contributed by atoms with Crippen LogP contribution in [0, 0.1) is 5.82 Å². The van der Waals surface area contributed by atoms with Gasteiger partial charge in [-0.25, -0.2) is 27.4 Å². The zero-order valence-corrected chi connectivity index (χ0v) is 16.7. The van der Waals surface area contributed by atoms with Crippen LogP contribution in [0.3, 0.4) is 0 Å². The summed E-state index contributed by atoms with van der Waals surface area (Å²) in [6, 6.07) is 2.69. The van der Waals surface area contributed by atoms with Crippen molar-refractivity contribution in [3.8, 4) is 0 Å². The molecule has 0 bridgehead atoms. The van der Waals surface area contributed by atoms with Gasteiger partial charge in [0.1, 0.15) is 10.8 Å². The fourth-order valence-electron chi connectivity index (χ4n) is 1.94. The summed E-state index contributed by atoms with van der Waals surface area (Å²) in [6.45, 7) is -0.583. The molecular formula is C15H12F4N4O6S2. The number of hydrogen-bond acceptors (Lipinski definition) is 9. The highest BCUT2D eigenvalue weighted by molar-refractivity contribution is 7.93. The van der Waals surface area contributed by atoms with Gasteiger partial charge in [-0.15, -0.1) is 11.3 Å². The van der Waals surface area contributed by atoms with E-state index in [1.54, 1.807) is 0 Å². The molecule has 2 aromatic rings. The number of hydrogen-bond donors (Lipinski definition) is 3. The maximum absolute atomic E-state index is 14.2. The van der Waals surface area contributed by atoms with Crippen LogP contribution >= 0.6 is 11.3 Å². The lowest BCUT2D eigenvalue weighted by atomic mass is 10.2. The molecule has 31 heavy (non-hydrogen) atoms. The van der Waals surface area contributed by atoms with Crippen molar-refractivity contribution in [2.24, 2.45) is 5.73 Å². The van der Waals surface area contributed by atoms with E-state index in [9.17, 15) is 40.4 Å². The molecular weight excluding hydrogens is 472 g/mol. The number of thiazole rings is 1. The number of amides is 1. The highest BCUT2D eigenvalue weighted by Crippen LogP contribution is 2.26. The van der Waals surface area contributed by atoms with Crippen molar-refractivity contribution in [2.45, 2.75) is 17.6 Å². The number of rotatable bonds is 7. The van der Waals surface area contributed by atoms with Crippen molar-refractivity contribution in [1.29, 1.82) is 0 Å². The highest BCUT2D eigenvalue weighted by Gasteiger charge is 2.43. The molecule has 16 heteroatoms. The first-order valence-corrected chi connectivity index (χ1v) is 10.3. The number of anilines is 1. The number of carbonyl (C=O) groups excluding carboxylic acids is 3. The number of alkyl halides is 3. The van der Waals surface area contributed by atoms with Gasteiger partial charge >= 0.3 is 18.1 Å². The third-order valence-corrected chi connectivity index (χ3v) is 5.62. The normalized spacial score (nSPS) is 11.6. The van der Waals surface area contributed by atoms with Crippen molar-refractivity contribution in [2.75, 3.05) is 11.3 Å². The molecule has 0 spiro atoms. The minimum Gasteiger partial charge on any atom is -0.381 e. The summed E-state index contributed by atoms with van der Waals surface area (Å²) in [7, 11) is -4.51. The quantitative estimate of drug-likeness (QED) is 0.297. The Balaban J connectivity index is 2.19. The van der Waals surface area contributed by atoms with Gasteiger partial charge in [0.05, 0.1) is 17.0 Å². The van der Waals surface area contributed by atoms with Gasteiger partial charge in [0.15, 0.2) is 5.69 Å². The van der Waals surface area contributed by atoms with Crippen molar-refractivity contribution < 1.29 is 45.1 Å². The molecule has 0 aliphatic heterocycles. The number of nitrogens with one attached hydrogen (secondary N) is 2. The van der Waals surface area contributed by atoms with E-state index >= 15 is 0 Å². The van der Waals surface area contributed by atoms with Gasteiger partial charge < -0.3 is 15.8 Å². The van der Waals surface area contributed by atoms with E-state index in [1.807, 2.05) is 4.72 Å². The molecule has 0 unspecified atom stereocenters. The number of halogens is 4. The van der Waals surface area contributed by atoms with Crippen LogP contribution in [0.5, 0.6) is 0 Å². The third-order valence-electron chi connectivity index (χ3n) is 3.40. The van der Waals surface area contributed by atoms with E-state index in [4.69, 9.17) is 5.73 Å². The Morgan fingerprint density at radius 1 is 1.23 bits per heavy atom. The maximum atomic E-state index is 14.2. The summed E-state index contributed by atoms with van der Waals surface area (Å²) in [5.74, 6) is -6.19. The zero-order chi connectivity index (χ0) is 23.4. The Hall–Kier alpha value is -3.11. The molecule has 0 saturated carbocycles. The van der Waals surface area contributed by atoms with Crippen molar-refractivity contribution in [3.63, 3.8) is 0 Å². The number of nitrogens with two attached hydrogens (primary N) is 1. The lowest BCUT2D eigenvalue weighted by Gasteiger charge is -2.10. The zero-order valence-electron chi connectivity index (χ0n) is 15.0. The van der Waals surface area contributed by atoms with Crippen LogP contribution in [-0.4, -0.2) is 44.0 Å². The fraction of sp³-hybridized carbons (Fsp3) is 0.200. The Kier molecular flexibility index (Phi) is 7.29. The van der Waals surface area contributed by atoms with Crippen molar-refractivity contribution in [3.05, 3.63) is 40.8 Å². The van der Waals surface area contributed by atoms with Gasteiger partial charge in [-0.2, -0.15) is 13.2 Å². The maximum Gasteiger partial charge on any atom is 0.491 e. The molecule has 2 rings (SSSR count). The standard InChI is InChI=1S/C15H12F4N4O6S2/c16-9-3-8(2-1-7(9)5-21-10(24)4-20)31(27,28)23-12-11(22-6-30-12)13(25)29-14(26)15(17,18)19/h1-3,6,23H,4-5,20H2,(H,21,24). The van der Waals surface area contributed by atoms with E-state index in [0.29, 0.717) is 17.4 Å². The number of esters is 2. The topological polar surface area (TPSA) is 158 Å². The van der Waals surface area contributed by atoms with E-state index < -0.39 is 55.5 Å². The number of benzene rings is 1. The molecule has 4 N–H and O–H groups in total. The molecule has 0 radical (unpaired) electrons. The van der Waals surface area contributed by atoms with Crippen LogP contribution in [0.1, 0.15) is 16.1 Å². The van der Waals surface area contributed by atoms with Crippen LogP contribution in [0.4, 0.5) is 22.6 Å². The monoisotopic (exact) mass is 484 g/mol. The van der Waals surface area contributed by atoms with Gasteiger partial charge in [0.25, 0.3) is 10.0 Å². The van der Waals surface area contributed by atoms with Gasteiger partial charge in [0.2, 0.25) is 5.91 Å². The number of nitrogens with zero attached hydrogens (tertiary/aromatic N) is 1. The van der Waals surface area contributed by atoms with E-state index in [0.717, 1.165) is 17.6 Å². The second-order valence-electron chi connectivity index (χ2n) is 5.54. The van der Waals surface area contributed by atoms with Crippen molar-refractivity contribution >= 4 is 44.2 Å². The van der Waals surface area contributed by atoms with Crippen LogP contribution < -0.4 is 15.8 Å². The Morgan fingerprint density at radius 3 is 2.48 bits per heavy atom. The summed E-state index contributed by atoms with van der Waals surface area (Å²) in [5.41, 5.74) is 5.07. The van der Waals surface area contributed by atoms with Gasteiger partial charge in [-0.05, 0) is 12.1 Å². The lowest BCUT2D eigenvalue weighted by Crippen LogP contribution is -2.30. The minimum absolute atomic E-state index is 0.0477. The van der Waals surface area contributed by atoms with Crippen molar-refractivity contribution in [1.82, 2.24) is 10.3 Å². The predicted molar refractivity (Wildman–Crippen MR) is 96.7 cm³/mol. The second-order valence-corrected chi connectivity index (χ2v) is 8.08. The summed E-state index contributed by atoms with van der Waals surface area (Å²) in [4.78, 5) is 36.4. The first-order chi connectivity index (χ1) is 14.3. The van der Waals surface area contributed by atoms with Gasteiger partial charge in [-0.1, -0.05) is 6.07 Å². The molecule has 0 aliphatic carbocycles. The first-order valence-electron chi connectivity index (χ1n) is 7.90. The van der Waals surface area contributed by atoms with E-state index in [1.165, 1.54) is 0 Å². The van der Waals surface area contributed by atoms with Crippen LogP contribution in [0.25, 0.3) is 0 Å². The van der Waals surface area contributed by atoms with E-state index in [-0.39, 0.29) is 18.7 Å². The summed E-state index contributed by atoms with van der Waals surface area (Å²) < 4.78 is 81.2. The molecule has 1 aromatic heterocycles. The lowest BCUT2D eigenvalue weighted by molar-refractivity contribution is -0.193. The summed E-state index contributed by atoms with van der Waals surface area (Å²) in [6.07, 6.45) is -5.45. The Bertz CT molecular complexity index is 1120. The van der Waals surface area contributed by atoms with Gasteiger partial charge in [-0.3, -0.25) is 9.52 Å². The SMILES string of the molecule is NCC(=O)NCc1ccc(S(=O)(=O)Nc2scnc2C(=O)OC(=O)C(F)(F)F)cc1F. The number of aromatic nitrogens is 1. The molecule has 0 fully saturated rings. The molecule has 168 valence electrons. The van der Waals surface area contributed by atoms with Crippen LogP contribution in [0.2, 0.25) is 0 Å². The minimum atomic E-state index is -5.45. The van der Waals surface area contributed by atoms with Gasteiger partial charge in [0, 0.05) is 12.1 Å². The van der Waals surface area contributed by atoms with Crippen LogP contribution in [-0.2, 0) is 30.9 Å². The number of sulfonamides is 1. The third kappa shape index (κ3) is 6.19. The number of ether oxygens (including phenoxy) is 1. The molecule has 1 amide bonds. The highest BCUT2D eigenvalue weighted by atomic mass is 32.2. The average molecular weight is 484 g/mol. The summed E-state index contributed by atoms with van der Waals surface area (Å²) in [5, 5.41) is 1.74. The molecule has 1 aromatic carbocycles. The second kappa shape index (κ2) is 9.36. The average Bonchev–Trinajstić information content (AvgIpc) is 3.13. The van der Waals surface area contributed by atoms with E-state index in [2.05, 4.69) is 15.0 Å². The Labute approximate surface area is 175 Å². The smallest absolute Gasteiger partial charge is 0.381 e. The van der Waals surface area contributed by atoms with Crippen LogP contribution in [0.15, 0.2) is 28.6 Å². The molecule has 0 atom stereocenters. The molecule has 10 nitrogen and oxygen atoms in total. The Morgan fingerprint density at radius 2 is 1.90 bits per heavy atom. The molecule has 1 heterocycles. The largest absolute Gasteiger partial charge is 0.491 e. The first kappa shape index (κ1) is 24.2. The molecule has 0 aliphatic rings. The fourth-order valence-corrected chi connectivity index (χ4v) is 3.94. The number of carbonyl (C=O) groups is 3. The summed E-state index contributed by atoms with van der Waals surface area (Å²) >= 11 is 0.507. The predicted octanol–water partition coefficient (Wildman–Crippen LogP) is 0.904.